The van der Waals surface area contributed by atoms with Gasteiger partial charge >= 0.3 is 0 Å². The lowest BCUT2D eigenvalue weighted by Gasteiger charge is -2.06. The van der Waals surface area contributed by atoms with E-state index in [1.807, 2.05) is 11.8 Å². The van der Waals surface area contributed by atoms with Gasteiger partial charge in [0.25, 0.3) is 0 Å². The van der Waals surface area contributed by atoms with Crippen LogP contribution in [0.5, 0.6) is 0 Å². The molecular formula is C12H17NS. The molecular weight excluding hydrogens is 190 g/mol. The smallest absolute Gasteiger partial charge is 0.0135 e. The van der Waals surface area contributed by atoms with E-state index in [1.165, 1.54) is 36.1 Å². The predicted octanol–water partition coefficient (Wildman–Crippen LogP) is 2.83. The molecule has 14 heavy (non-hydrogen) atoms. The number of nitrogens with two attached hydrogens (primary N) is 1. The van der Waals surface area contributed by atoms with Gasteiger partial charge in [-0.3, -0.25) is 0 Å². The maximum atomic E-state index is 5.49. The summed E-state index contributed by atoms with van der Waals surface area (Å²) in [6.45, 7) is 0.838. The molecule has 0 amide bonds. The molecule has 1 aliphatic rings. The Morgan fingerprint density at radius 1 is 1.29 bits per heavy atom. The minimum Gasteiger partial charge on any atom is -0.330 e. The van der Waals surface area contributed by atoms with Gasteiger partial charge in [-0.25, -0.2) is 0 Å². The minimum absolute atomic E-state index is 0.805. The highest BCUT2D eigenvalue weighted by molar-refractivity contribution is 8.00. The average molecular weight is 207 g/mol. The molecule has 0 radical (unpaired) electrons. The summed E-state index contributed by atoms with van der Waals surface area (Å²) in [5.41, 5.74) is 7.03. The average Bonchev–Trinajstić information content (AvgIpc) is 2.60. The summed E-state index contributed by atoms with van der Waals surface area (Å²) in [6, 6.07) is 8.77. The van der Waals surface area contributed by atoms with Crippen LogP contribution in [0.4, 0.5) is 0 Å². The largest absolute Gasteiger partial charge is 0.330 e. The van der Waals surface area contributed by atoms with Gasteiger partial charge in [0.2, 0.25) is 0 Å². The van der Waals surface area contributed by atoms with Crippen molar-refractivity contribution in [3.05, 3.63) is 29.8 Å². The fraction of sp³-hybridized carbons (Fsp3) is 0.500. The van der Waals surface area contributed by atoms with E-state index in [4.69, 9.17) is 5.73 Å². The number of benzene rings is 1. The Morgan fingerprint density at radius 2 is 2.14 bits per heavy atom. The van der Waals surface area contributed by atoms with Gasteiger partial charge in [0.1, 0.15) is 0 Å². The van der Waals surface area contributed by atoms with Crippen molar-refractivity contribution in [3.63, 3.8) is 0 Å². The van der Waals surface area contributed by atoms with Gasteiger partial charge in [-0.05, 0) is 37.4 Å². The van der Waals surface area contributed by atoms with E-state index in [2.05, 4.69) is 24.3 Å². The second kappa shape index (κ2) is 4.85. The molecule has 76 valence electrons. The molecule has 1 aromatic carbocycles. The zero-order valence-electron chi connectivity index (χ0n) is 8.41. The molecule has 0 spiro atoms. The van der Waals surface area contributed by atoms with Crippen molar-refractivity contribution in [1.29, 1.82) is 0 Å². The highest BCUT2D eigenvalue weighted by Gasteiger charge is 2.20. The van der Waals surface area contributed by atoms with Crippen molar-refractivity contribution >= 4 is 11.8 Å². The lowest BCUT2D eigenvalue weighted by atomic mass is 10.1. The van der Waals surface area contributed by atoms with Crippen molar-refractivity contribution in [3.8, 4) is 0 Å². The Balaban J connectivity index is 1.86. The van der Waals surface area contributed by atoms with Crippen molar-refractivity contribution in [2.45, 2.75) is 35.8 Å². The molecule has 1 atom stereocenters. The monoisotopic (exact) mass is 207 g/mol. The van der Waals surface area contributed by atoms with Gasteiger partial charge in [-0.15, -0.1) is 11.8 Å². The second-order valence-corrected chi connectivity index (χ2v) is 5.18. The zero-order valence-corrected chi connectivity index (χ0v) is 9.22. The molecule has 2 N–H and O–H groups in total. The molecule has 1 unspecified atom stereocenters. The Labute approximate surface area is 90.1 Å². The second-order valence-electron chi connectivity index (χ2n) is 3.84. The highest BCUT2D eigenvalue weighted by Crippen LogP contribution is 2.38. The van der Waals surface area contributed by atoms with Crippen LogP contribution in [0.15, 0.2) is 29.2 Å². The van der Waals surface area contributed by atoms with Gasteiger partial charge in [-0.2, -0.15) is 0 Å². The van der Waals surface area contributed by atoms with E-state index in [9.17, 15) is 0 Å². The first-order valence-electron chi connectivity index (χ1n) is 5.35. The molecule has 0 bridgehead atoms. The Hall–Kier alpha value is -0.470. The summed E-state index contributed by atoms with van der Waals surface area (Å²) in [4.78, 5) is 1.49. The number of hydrogen-bond donors (Lipinski definition) is 1. The number of rotatable bonds is 4. The van der Waals surface area contributed by atoms with Gasteiger partial charge in [0.15, 0.2) is 0 Å². The van der Waals surface area contributed by atoms with Crippen LogP contribution < -0.4 is 5.73 Å². The number of fused-ring (bicyclic) bond motifs is 1. The molecule has 0 aromatic heterocycles. The fourth-order valence-electron chi connectivity index (χ4n) is 1.93. The molecule has 1 aromatic rings. The molecule has 1 aliphatic heterocycles. The molecule has 0 saturated carbocycles. The van der Waals surface area contributed by atoms with Crippen LogP contribution in [0, 0.1) is 0 Å². The van der Waals surface area contributed by atoms with Crippen LogP contribution in [-0.2, 0) is 6.42 Å². The first kappa shape index (κ1) is 10.1. The van der Waals surface area contributed by atoms with Crippen LogP contribution in [-0.4, -0.2) is 11.8 Å². The lowest BCUT2D eigenvalue weighted by molar-refractivity contribution is 0.663. The number of unbranched alkanes of at least 4 members (excludes halogenated alkanes) is 1. The van der Waals surface area contributed by atoms with E-state index < -0.39 is 0 Å². The summed E-state index contributed by atoms with van der Waals surface area (Å²) in [5.74, 6) is 0. The quantitative estimate of drug-likeness (QED) is 0.768. The van der Waals surface area contributed by atoms with Crippen molar-refractivity contribution < 1.29 is 0 Å². The number of hydrogen-bond acceptors (Lipinski definition) is 2. The van der Waals surface area contributed by atoms with E-state index in [-0.39, 0.29) is 0 Å². The third-order valence-corrected chi connectivity index (χ3v) is 4.08. The van der Waals surface area contributed by atoms with Crippen molar-refractivity contribution in [2.24, 2.45) is 5.73 Å². The summed E-state index contributed by atoms with van der Waals surface area (Å²) in [6.07, 6.45) is 5.03. The molecule has 0 fully saturated rings. The first-order valence-corrected chi connectivity index (χ1v) is 6.23. The Morgan fingerprint density at radius 3 is 2.93 bits per heavy atom. The van der Waals surface area contributed by atoms with Crippen molar-refractivity contribution in [2.75, 3.05) is 6.54 Å². The van der Waals surface area contributed by atoms with E-state index in [1.54, 1.807) is 0 Å². The third kappa shape index (κ3) is 2.31. The summed E-state index contributed by atoms with van der Waals surface area (Å²) >= 11 is 2.05. The Bertz CT molecular complexity index is 273. The maximum Gasteiger partial charge on any atom is 0.0135 e. The van der Waals surface area contributed by atoms with Crippen LogP contribution >= 0.6 is 11.8 Å². The maximum absolute atomic E-state index is 5.49. The first-order chi connectivity index (χ1) is 6.90. The standard InChI is InChI=1S/C12H17NS/c13-8-4-3-6-11-9-10-5-1-2-7-12(10)14-11/h1-2,5,7,11H,3-4,6,8-9,13H2. The SMILES string of the molecule is NCCCCC1Cc2ccccc2S1. The molecule has 0 saturated heterocycles. The fourth-order valence-corrected chi connectivity index (χ4v) is 3.30. The Kier molecular flexibility index (Phi) is 3.49. The molecule has 0 aliphatic carbocycles. The van der Waals surface area contributed by atoms with E-state index in [0.29, 0.717) is 0 Å². The summed E-state index contributed by atoms with van der Waals surface area (Å²) in [5, 5.41) is 0.805. The van der Waals surface area contributed by atoms with Crippen LogP contribution in [0.3, 0.4) is 0 Å². The van der Waals surface area contributed by atoms with Crippen molar-refractivity contribution in [1.82, 2.24) is 0 Å². The van der Waals surface area contributed by atoms with Crippen LogP contribution in [0.25, 0.3) is 0 Å². The van der Waals surface area contributed by atoms with Crippen LogP contribution in [0.2, 0.25) is 0 Å². The number of thioether (sulfide) groups is 1. The van der Waals surface area contributed by atoms with Crippen LogP contribution in [0.1, 0.15) is 24.8 Å². The minimum atomic E-state index is 0.805. The van der Waals surface area contributed by atoms with Gasteiger partial charge < -0.3 is 5.73 Å². The van der Waals surface area contributed by atoms with E-state index in [0.717, 1.165) is 11.8 Å². The summed E-state index contributed by atoms with van der Waals surface area (Å²) in [7, 11) is 0. The molecule has 2 rings (SSSR count). The molecule has 2 heteroatoms. The zero-order chi connectivity index (χ0) is 9.80. The molecule has 1 nitrogen and oxygen atoms in total. The normalized spacial score (nSPS) is 19.6. The highest BCUT2D eigenvalue weighted by atomic mass is 32.2. The van der Waals surface area contributed by atoms with Gasteiger partial charge in [0.05, 0.1) is 0 Å². The third-order valence-electron chi connectivity index (χ3n) is 2.69. The van der Waals surface area contributed by atoms with Gasteiger partial charge in [0, 0.05) is 10.1 Å². The predicted molar refractivity (Wildman–Crippen MR) is 62.7 cm³/mol. The topological polar surface area (TPSA) is 26.0 Å². The van der Waals surface area contributed by atoms with Gasteiger partial charge in [-0.1, -0.05) is 24.6 Å². The van der Waals surface area contributed by atoms with E-state index >= 15 is 0 Å². The summed E-state index contributed by atoms with van der Waals surface area (Å²) < 4.78 is 0. The lowest BCUT2D eigenvalue weighted by Crippen LogP contribution is -2.03. The molecule has 1 heterocycles.